The molecule has 1 saturated heterocycles. The van der Waals surface area contributed by atoms with E-state index in [0.29, 0.717) is 12.1 Å². The highest BCUT2D eigenvalue weighted by atomic mass is 16.4. The zero-order valence-corrected chi connectivity index (χ0v) is 14.2. The van der Waals surface area contributed by atoms with Crippen molar-refractivity contribution in [3.05, 3.63) is 60.1 Å². The molecule has 0 saturated carbocycles. The number of benzene rings is 1. The molecular formula is C20H26N2O2. The second kappa shape index (κ2) is 7.22. The van der Waals surface area contributed by atoms with E-state index in [-0.39, 0.29) is 11.3 Å². The predicted molar refractivity (Wildman–Crippen MR) is 98.3 cm³/mol. The fraction of sp³-hybridized carbons (Fsp3) is 0.450. The second-order valence-electron chi connectivity index (χ2n) is 6.64. The largest absolute Gasteiger partial charge is 0.419 e. The molecule has 0 N–H and O–H groups in total. The van der Waals surface area contributed by atoms with E-state index in [0.717, 1.165) is 37.9 Å². The van der Waals surface area contributed by atoms with Crippen molar-refractivity contribution >= 4 is 11.1 Å². The molecule has 0 unspecified atom stereocenters. The zero-order chi connectivity index (χ0) is 17.0. The summed E-state index contributed by atoms with van der Waals surface area (Å²) >= 11 is 0. The van der Waals surface area contributed by atoms with Crippen LogP contribution in [0.15, 0.2) is 58.8 Å². The van der Waals surface area contributed by atoms with E-state index in [4.69, 9.17) is 4.42 Å². The van der Waals surface area contributed by atoms with E-state index >= 15 is 0 Å². The Hall–Kier alpha value is -2.07. The van der Waals surface area contributed by atoms with E-state index < -0.39 is 0 Å². The first-order valence-corrected chi connectivity index (χ1v) is 8.75. The Morgan fingerprint density at radius 3 is 2.62 bits per heavy atom. The van der Waals surface area contributed by atoms with Crippen molar-refractivity contribution < 1.29 is 4.42 Å². The van der Waals surface area contributed by atoms with Crippen LogP contribution in [0.3, 0.4) is 0 Å². The quantitative estimate of drug-likeness (QED) is 0.723. The van der Waals surface area contributed by atoms with Gasteiger partial charge in [0, 0.05) is 18.6 Å². The fourth-order valence-electron chi connectivity index (χ4n) is 4.03. The number of oxazole rings is 1. The summed E-state index contributed by atoms with van der Waals surface area (Å²) in [5.74, 6) is -0.272. The van der Waals surface area contributed by atoms with E-state index in [1.165, 1.54) is 12.8 Å². The second-order valence-corrected chi connectivity index (χ2v) is 6.64. The van der Waals surface area contributed by atoms with Crippen molar-refractivity contribution in [1.82, 2.24) is 9.47 Å². The van der Waals surface area contributed by atoms with Gasteiger partial charge in [0.05, 0.1) is 5.52 Å². The Kier molecular flexibility index (Phi) is 5.05. The van der Waals surface area contributed by atoms with Gasteiger partial charge in [-0.2, -0.15) is 0 Å². The third-order valence-corrected chi connectivity index (χ3v) is 5.21. The van der Waals surface area contributed by atoms with Crippen molar-refractivity contribution in [3.63, 3.8) is 0 Å². The summed E-state index contributed by atoms with van der Waals surface area (Å²) in [7, 11) is 0. The van der Waals surface area contributed by atoms with E-state index in [2.05, 4.69) is 18.1 Å². The first kappa shape index (κ1) is 16.8. The van der Waals surface area contributed by atoms with Crippen LogP contribution in [0.25, 0.3) is 11.1 Å². The molecule has 128 valence electrons. The standard InChI is InChI=1S/C20H26N2O2/c1-3-11-20(12-4-2)13-7-8-14-21(20)15-16-22-17-9-5-6-10-18(17)24-19(22)23/h3-6,9-10H,1-2,7-8,11-16H2. The Morgan fingerprint density at radius 2 is 1.88 bits per heavy atom. The van der Waals surface area contributed by atoms with Gasteiger partial charge in [-0.15, -0.1) is 13.2 Å². The number of aromatic nitrogens is 1. The Morgan fingerprint density at radius 1 is 1.12 bits per heavy atom. The Labute approximate surface area is 143 Å². The summed E-state index contributed by atoms with van der Waals surface area (Å²) in [5.41, 5.74) is 1.63. The third-order valence-electron chi connectivity index (χ3n) is 5.21. The lowest BCUT2D eigenvalue weighted by atomic mass is 9.81. The molecule has 1 fully saturated rings. The smallest absolute Gasteiger partial charge is 0.408 e. The molecule has 3 rings (SSSR count). The van der Waals surface area contributed by atoms with Crippen LogP contribution in [0, 0.1) is 0 Å². The zero-order valence-electron chi connectivity index (χ0n) is 14.2. The average molecular weight is 326 g/mol. The van der Waals surface area contributed by atoms with Gasteiger partial charge in [0.15, 0.2) is 5.58 Å². The first-order valence-electron chi connectivity index (χ1n) is 8.75. The van der Waals surface area contributed by atoms with Crippen molar-refractivity contribution in [2.75, 3.05) is 13.1 Å². The molecule has 24 heavy (non-hydrogen) atoms. The van der Waals surface area contributed by atoms with Crippen LogP contribution < -0.4 is 5.76 Å². The number of piperidine rings is 1. The highest BCUT2D eigenvalue weighted by molar-refractivity contribution is 5.72. The summed E-state index contributed by atoms with van der Waals surface area (Å²) in [5, 5.41) is 0. The van der Waals surface area contributed by atoms with Crippen molar-refractivity contribution in [1.29, 1.82) is 0 Å². The molecule has 0 amide bonds. The maximum atomic E-state index is 12.2. The van der Waals surface area contributed by atoms with E-state index in [1.54, 1.807) is 4.57 Å². The Bertz CT molecular complexity index is 761. The number of fused-ring (bicyclic) bond motifs is 1. The van der Waals surface area contributed by atoms with Gasteiger partial charge in [-0.25, -0.2) is 4.79 Å². The Balaban J connectivity index is 1.82. The molecule has 0 bridgehead atoms. The van der Waals surface area contributed by atoms with E-state index in [9.17, 15) is 4.79 Å². The minimum Gasteiger partial charge on any atom is -0.408 e. The van der Waals surface area contributed by atoms with E-state index in [1.807, 2.05) is 36.4 Å². The van der Waals surface area contributed by atoms with Crippen LogP contribution in [0.1, 0.15) is 32.1 Å². The van der Waals surface area contributed by atoms with Crippen LogP contribution in [0.5, 0.6) is 0 Å². The molecule has 1 aliphatic heterocycles. The van der Waals surface area contributed by atoms with Gasteiger partial charge in [0.2, 0.25) is 0 Å². The average Bonchev–Trinajstić information content (AvgIpc) is 2.90. The van der Waals surface area contributed by atoms with Crippen LogP contribution in [0.2, 0.25) is 0 Å². The molecular weight excluding hydrogens is 300 g/mol. The molecule has 1 aromatic carbocycles. The lowest BCUT2D eigenvalue weighted by molar-refractivity contribution is 0.0468. The summed E-state index contributed by atoms with van der Waals surface area (Å²) in [6, 6.07) is 7.61. The normalized spacial score (nSPS) is 17.8. The minimum atomic E-state index is -0.272. The minimum absolute atomic E-state index is 0.102. The van der Waals surface area contributed by atoms with Gasteiger partial charge in [0.1, 0.15) is 0 Å². The molecule has 0 aliphatic carbocycles. The van der Waals surface area contributed by atoms with Crippen LogP contribution in [-0.4, -0.2) is 28.1 Å². The number of likely N-dealkylation sites (tertiary alicyclic amines) is 1. The van der Waals surface area contributed by atoms with Gasteiger partial charge in [0.25, 0.3) is 0 Å². The van der Waals surface area contributed by atoms with Crippen LogP contribution in [0.4, 0.5) is 0 Å². The molecule has 2 heterocycles. The van der Waals surface area contributed by atoms with Gasteiger partial charge in [-0.1, -0.05) is 30.7 Å². The number of nitrogens with zero attached hydrogens (tertiary/aromatic N) is 2. The molecule has 1 aromatic heterocycles. The molecule has 0 spiro atoms. The predicted octanol–water partition coefficient (Wildman–Crippen LogP) is 3.97. The summed E-state index contributed by atoms with van der Waals surface area (Å²) in [6.45, 7) is 10.4. The lowest BCUT2D eigenvalue weighted by Gasteiger charge is -2.47. The number of hydrogen-bond donors (Lipinski definition) is 0. The highest BCUT2D eigenvalue weighted by Crippen LogP contribution is 2.35. The maximum Gasteiger partial charge on any atom is 0.419 e. The third kappa shape index (κ3) is 3.11. The number of hydrogen-bond acceptors (Lipinski definition) is 3. The SMILES string of the molecule is C=CCC1(CC=C)CCCCN1CCn1c(=O)oc2ccccc21. The summed E-state index contributed by atoms with van der Waals surface area (Å²) < 4.78 is 7.09. The maximum absolute atomic E-state index is 12.2. The molecule has 1 aliphatic rings. The lowest BCUT2D eigenvalue weighted by Crippen LogP contribution is -2.52. The summed E-state index contributed by atoms with van der Waals surface area (Å²) in [6.07, 6.45) is 9.55. The van der Waals surface area contributed by atoms with Gasteiger partial charge >= 0.3 is 5.76 Å². The van der Waals surface area contributed by atoms with Crippen molar-refractivity contribution in [2.24, 2.45) is 0 Å². The topological polar surface area (TPSA) is 38.4 Å². The summed E-state index contributed by atoms with van der Waals surface area (Å²) in [4.78, 5) is 14.7. The first-order chi connectivity index (χ1) is 11.7. The van der Waals surface area contributed by atoms with Crippen molar-refractivity contribution in [3.8, 4) is 0 Å². The molecule has 4 heteroatoms. The molecule has 2 aromatic rings. The highest BCUT2D eigenvalue weighted by Gasteiger charge is 2.36. The fourth-order valence-corrected chi connectivity index (χ4v) is 4.03. The number of rotatable bonds is 7. The number of para-hydroxylation sites is 2. The van der Waals surface area contributed by atoms with Crippen LogP contribution in [-0.2, 0) is 6.54 Å². The van der Waals surface area contributed by atoms with Crippen LogP contribution >= 0.6 is 0 Å². The van der Waals surface area contributed by atoms with Gasteiger partial charge < -0.3 is 4.42 Å². The van der Waals surface area contributed by atoms with Gasteiger partial charge in [-0.3, -0.25) is 9.47 Å². The molecule has 0 atom stereocenters. The van der Waals surface area contributed by atoms with Gasteiger partial charge in [-0.05, 0) is 44.4 Å². The molecule has 0 radical (unpaired) electrons. The van der Waals surface area contributed by atoms with Crippen molar-refractivity contribution in [2.45, 2.75) is 44.2 Å². The molecule has 4 nitrogen and oxygen atoms in total. The monoisotopic (exact) mass is 326 g/mol.